The highest BCUT2D eigenvalue weighted by atomic mass is 16.4. The summed E-state index contributed by atoms with van der Waals surface area (Å²) < 4.78 is 0. The largest absolute Gasteiger partial charge is 0.479 e. The zero-order chi connectivity index (χ0) is 13.6. The third-order valence-electron chi connectivity index (χ3n) is 2.70. The fourth-order valence-corrected chi connectivity index (χ4v) is 1.27. The molecule has 7 heteroatoms. The summed E-state index contributed by atoms with van der Waals surface area (Å²) in [6.45, 7) is 2.18. The Labute approximate surface area is 106 Å². The van der Waals surface area contributed by atoms with E-state index in [1.165, 1.54) is 12.8 Å². The first-order chi connectivity index (χ1) is 8.42. The normalized spacial score (nSPS) is 17.9. The van der Waals surface area contributed by atoms with Crippen LogP contribution in [-0.2, 0) is 4.79 Å². The molecular formula is C11H21N3O4. The zero-order valence-corrected chi connectivity index (χ0v) is 10.5. The van der Waals surface area contributed by atoms with Crippen molar-refractivity contribution in [3.05, 3.63) is 0 Å². The number of rotatable bonds is 8. The average Bonchev–Trinajstić information content (AvgIpc) is 3.10. The second-order valence-electron chi connectivity index (χ2n) is 4.77. The fraction of sp³-hybridized carbons (Fsp3) is 0.818. The van der Waals surface area contributed by atoms with Crippen LogP contribution in [-0.4, -0.2) is 53.5 Å². The van der Waals surface area contributed by atoms with Crippen LogP contribution >= 0.6 is 0 Å². The topological polar surface area (TPSA) is 111 Å². The molecular weight excluding hydrogens is 238 g/mol. The van der Waals surface area contributed by atoms with Gasteiger partial charge in [0.25, 0.3) is 0 Å². The van der Waals surface area contributed by atoms with Gasteiger partial charge in [-0.05, 0) is 32.7 Å². The van der Waals surface area contributed by atoms with E-state index < -0.39 is 17.6 Å². The summed E-state index contributed by atoms with van der Waals surface area (Å²) in [5.41, 5.74) is -1.94. The van der Waals surface area contributed by atoms with Crippen LogP contribution < -0.4 is 16.0 Å². The Morgan fingerprint density at radius 3 is 2.50 bits per heavy atom. The molecule has 7 nitrogen and oxygen atoms in total. The van der Waals surface area contributed by atoms with Crippen LogP contribution in [0.25, 0.3) is 0 Å². The first kappa shape index (κ1) is 14.7. The van der Waals surface area contributed by atoms with E-state index in [1.807, 2.05) is 0 Å². The van der Waals surface area contributed by atoms with E-state index in [-0.39, 0.29) is 6.54 Å². The summed E-state index contributed by atoms with van der Waals surface area (Å²) >= 11 is 0. The van der Waals surface area contributed by atoms with E-state index in [9.17, 15) is 14.7 Å². The molecule has 0 bridgehead atoms. The Morgan fingerprint density at radius 1 is 1.28 bits per heavy atom. The van der Waals surface area contributed by atoms with E-state index in [1.54, 1.807) is 0 Å². The van der Waals surface area contributed by atoms with Crippen LogP contribution in [0, 0.1) is 0 Å². The number of urea groups is 1. The van der Waals surface area contributed by atoms with Crippen molar-refractivity contribution in [1.82, 2.24) is 16.0 Å². The number of hydrogen-bond donors (Lipinski definition) is 5. The predicted octanol–water partition coefficient (Wildman–Crippen LogP) is -0.737. The summed E-state index contributed by atoms with van der Waals surface area (Å²) in [6, 6.07) is 0.187. The van der Waals surface area contributed by atoms with Gasteiger partial charge in [-0.3, -0.25) is 0 Å². The van der Waals surface area contributed by atoms with Crippen LogP contribution in [0.1, 0.15) is 26.2 Å². The molecule has 1 aliphatic rings. The van der Waals surface area contributed by atoms with Crippen molar-refractivity contribution in [2.45, 2.75) is 37.8 Å². The maximum absolute atomic E-state index is 11.3. The highest BCUT2D eigenvalue weighted by molar-refractivity contribution is 5.79. The first-order valence-electron chi connectivity index (χ1n) is 6.12. The number of amides is 2. The molecule has 1 saturated carbocycles. The lowest BCUT2D eigenvalue weighted by Crippen LogP contribution is -2.49. The number of aliphatic hydroxyl groups is 1. The Kier molecular flexibility index (Phi) is 5.36. The van der Waals surface area contributed by atoms with Gasteiger partial charge in [0.1, 0.15) is 0 Å². The zero-order valence-electron chi connectivity index (χ0n) is 10.5. The van der Waals surface area contributed by atoms with Crippen LogP contribution in [0.4, 0.5) is 4.79 Å². The average molecular weight is 259 g/mol. The summed E-state index contributed by atoms with van der Waals surface area (Å²) in [7, 11) is 0. The molecule has 18 heavy (non-hydrogen) atoms. The van der Waals surface area contributed by atoms with Crippen LogP contribution in [0.15, 0.2) is 0 Å². The van der Waals surface area contributed by atoms with Gasteiger partial charge in [0.15, 0.2) is 5.60 Å². The molecule has 2 amide bonds. The van der Waals surface area contributed by atoms with Gasteiger partial charge in [-0.2, -0.15) is 0 Å². The van der Waals surface area contributed by atoms with Crippen LogP contribution in [0.3, 0.4) is 0 Å². The summed E-state index contributed by atoms with van der Waals surface area (Å²) in [5, 5.41) is 26.2. The number of carboxylic acids is 1. The maximum Gasteiger partial charge on any atom is 0.337 e. The van der Waals surface area contributed by atoms with Crippen molar-refractivity contribution in [2.24, 2.45) is 0 Å². The monoisotopic (exact) mass is 259 g/mol. The second kappa shape index (κ2) is 6.55. The Bertz CT molecular complexity index is 303. The minimum absolute atomic E-state index is 0.325. The smallest absolute Gasteiger partial charge is 0.337 e. The van der Waals surface area contributed by atoms with Gasteiger partial charge in [-0.1, -0.05) is 0 Å². The third kappa shape index (κ3) is 5.83. The molecule has 1 fully saturated rings. The van der Waals surface area contributed by atoms with E-state index in [0.717, 1.165) is 19.9 Å². The Balaban J connectivity index is 2.00. The molecule has 0 aromatic heterocycles. The molecule has 0 spiro atoms. The first-order valence-corrected chi connectivity index (χ1v) is 6.12. The quantitative estimate of drug-likeness (QED) is 0.369. The van der Waals surface area contributed by atoms with Gasteiger partial charge in [-0.25, -0.2) is 9.59 Å². The van der Waals surface area contributed by atoms with E-state index in [2.05, 4.69) is 16.0 Å². The molecule has 0 radical (unpaired) electrons. The highest BCUT2D eigenvalue weighted by Crippen LogP contribution is 2.18. The van der Waals surface area contributed by atoms with Gasteiger partial charge >= 0.3 is 12.0 Å². The lowest BCUT2D eigenvalue weighted by molar-refractivity contribution is -0.155. The van der Waals surface area contributed by atoms with Gasteiger partial charge < -0.3 is 26.2 Å². The SMILES string of the molecule is CC(O)(CNC(=O)NCCCNC1CC1)C(=O)O. The van der Waals surface area contributed by atoms with Crippen molar-refractivity contribution in [1.29, 1.82) is 0 Å². The van der Waals surface area contributed by atoms with E-state index in [4.69, 9.17) is 5.11 Å². The molecule has 0 heterocycles. The van der Waals surface area contributed by atoms with Crippen molar-refractivity contribution >= 4 is 12.0 Å². The Morgan fingerprint density at radius 2 is 1.94 bits per heavy atom. The lowest BCUT2D eigenvalue weighted by Gasteiger charge is -2.18. The summed E-state index contributed by atoms with van der Waals surface area (Å²) in [5.74, 6) is -1.36. The van der Waals surface area contributed by atoms with Crippen LogP contribution in [0.2, 0.25) is 0 Å². The molecule has 0 saturated heterocycles. The standard InChI is InChI=1S/C11H21N3O4/c1-11(18,9(15)16)7-14-10(17)13-6-2-5-12-8-3-4-8/h8,12,18H,2-7H2,1H3,(H,15,16)(H2,13,14,17). The predicted molar refractivity (Wildman–Crippen MR) is 65.3 cm³/mol. The highest BCUT2D eigenvalue weighted by Gasteiger charge is 2.30. The summed E-state index contributed by atoms with van der Waals surface area (Å²) in [6.07, 6.45) is 3.29. The number of carbonyl (C=O) groups excluding carboxylic acids is 1. The van der Waals surface area contributed by atoms with E-state index >= 15 is 0 Å². The minimum atomic E-state index is -1.94. The number of carbonyl (C=O) groups is 2. The molecule has 0 aliphatic heterocycles. The van der Waals surface area contributed by atoms with Crippen molar-refractivity contribution < 1.29 is 19.8 Å². The molecule has 1 unspecified atom stereocenters. The molecule has 0 aromatic rings. The second-order valence-corrected chi connectivity index (χ2v) is 4.77. The van der Waals surface area contributed by atoms with E-state index in [0.29, 0.717) is 12.6 Å². The van der Waals surface area contributed by atoms with Crippen molar-refractivity contribution in [3.63, 3.8) is 0 Å². The number of carboxylic acid groups (broad SMARTS) is 1. The summed E-state index contributed by atoms with van der Waals surface area (Å²) in [4.78, 5) is 21.8. The minimum Gasteiger partial charge on any atom is -0.479 e. The molecule has 5 N–H and O–H groups in total. The van der Waals surface area contributed by atoms with Gasteiger partial charge in [0, 0.05) is 12.6 Å². The molecule has 104 valence electrons. The number of hydrogen-bond acceptors (Lipinski definition) is 4. The molecule has 0 aromatic carbocycles. The number of aliphatic carboxylic acids is 1. The molecule has 1 atom stereocenters. The molecule has 1 rings (SSSR count). The lowest BCUT2D eigenvalue weighted by atomic mass is 10.1. The maximum atomic E-state index is 11.3. The van der Waals surface area contributed by atoms with Crippen LogP contribution in [0.5, 0.6) is 0 Å². The van der Waals surface area contributed by atoms with Gasteiger partial charge in [0.05, 0.1) is 6.54 Å². The number of nitrogens with one attached hydrogen (secondary N) is 3. The third-order valence-corrected chi connectivity index (χ3v) is 2.70. The van der Waals surface area contributed by atoms with Crippen molar-refractivity contribution in [2.75, 3.05) is 19.6 Å². The van der Waals surface area contributed by atoms with Gasteiger partial charge in [-0.15, -0.1) is 0 Å². The fourth-order valence-electron chi connectivity index (χ4n) is 1.27. The molecule has 1 aliphatic carbocycles. The Hall–Kier alpha value is -1.34. The van der Waals surface area contributed by atoms with Gasteiger partial charge in [0.2, 0.25) is 0 Å². The van der Waals surface area contributed by atoms with Crippen molar-refractivity contribution in [3.8, 4) is 0 Å².